The van der Waals surface area contributed by atoms with Gasteiger partial charge in [-0.25, -0.2) is 9.13 Å². The maximum atomic E-state index is 13.1. The number of allylic oxidation sites excluding steroid dienone is 22. The first kappa shape index (κ1) is 99.2. The molecule has 0 heterocycles. The second-order valence-electron chi connectivity index (χ2n) is 26.6. The Labute approximate surface area is 631 Å². The molecular formula is C85H144O17P2. The van der Waals surface area contributed by atoms with Crippen LogP contribution < -0.4 is 0 Å². The molecule has 17 nitrogen and oxygen atoms in total. The molecule has 19 heteroatoms. The molecule has 0 aromatic heterocycles. The van der Waals surface area contributed by atoms with Gasteiger partial charge in [0.1, 0.15) is 19.3 Å². The Balaban J connectivity index is 5.40. The fourth-order valence-corrected chi connectivity index (χ4v) is 12.1. The van der Waals surface area contributed by atoms with Crippen LogP contribution in [0.1, 0.15) is 323 Å². The predicted octanol–water partition coefficient (Wildman–Crippen LogP) is 23.7. The van der Waals surface area contributed by atoms with Crippen LogP contribution in [-0.4, -0.2) is 96.7 Å². The maximum Gasteiger partial charge on any atom is 0.472 e. The number of aliphatic hydroxyl groups excluding tert-OH is 1. The van der Waals surface area contributed by atoms with Gasteiger partial charge < -0.3 is 33.8 Å². The molecule has 0 fully saturated rings. The highest BCUT2D eigenvalue weighted by molar-refractivity contribution is 7.47. The molecule has 0 aliphatic carbocycles. The van der Waals surface area contributed by atoms with Crippen LogP contribution in [0.15, 0.2) is 134 Å². The van der Waals surface area contributed by atoms with E-state index < -0.39 is 97.5 Å². The first-order valence-electron chi connectivity index (χ1n) is 40.4. The van der Waals surface area contributed by atoms with E-state index in [0.717, 1.165) is 205 Å². The Bertz CT molecular complexity index is 2490. The lowest BCUT2D eigenvalue weighted by molar-refractivity contribution is -0.161. The van der Waals surface area contributed by atoms with Gasteiger partial charge >= 0.3 is 39.5 Å². The summed E-state index contributed by atoms with van der Waals surface area (Å²) in [7, 11) is -9.98. The molecular weight excluding hydrogens is 1350 g/mol. The lowest BCUT2D eigenvalue weighted by atomic mass is 10.1. The highest BCUT2D eigenvalue weighted by atomic mass is 31.2. The van der Waals surface area contributed by atoms with Crippen molar-refractivity contribution in [2.45, 2.75) is 341 Å². The van der Waals surface area contributed by atoms with Crippen LogP contribution in [0.25, 0.3) is 0 Å². The number of phosphoric acid groups is 2. The Kier molecular flexibility index (Phi) is 72.9. The van der Waals surface area contributed by atoms with Crippen LogP contribution in [-0.2, 0) is 65.4 Å². The summed E-state index contributed by atoms with van der Waals surface area (Å²) in [5.74, 6) is -2.23. The quantitative estimate of drug-likeness (QED) is 0.0169. The van der Waals surface area contributed by atoms with Gasteiger partial charge in [-0.1, -0.05) is 277 Å². The van der Waals surface area contributed by atoms with E-state index in [1.54, 1.807) is 0 Å². The molecule has 3 N–H and O–H groups in total. The number of hydrogen-bond donors (Lipinski definition) is 3. The number of ether oxygens (including phenoxy) is 4. The van der Waals surface area contributed by atoms with Gasteiger partial charge in [-0.3, -0.25) is 37.3 Å². The summed E-state index contributed by atoms with van der Waals surface area (Å²) >= 11 is 0. The summed E-state index contributed by atoms with van der Waals surface area (Å²) in [5.41, 5.74) is 0. The largest absolute Gasteiger partial charge is 0.472 e. The summed E-state index contributed by atoms with van der Waals surface area (Å²) in [6.07, 6.45) is 85.6. The Morgan fingerprint density at radius 3 is 0.779 bits per heavy atom. The molecule has 5 unspecified atom stereocenters. The molecule has 0 saturated heterocycles. The Morgan fingerprint density at radius 2 is 0.500 bits per heavy atom. The molecule has 0 aromatic carbocycles. The van der Waals surface area contributed by atoms with Crippen LogP contribution in [0.2, 0.25) is 0 Å². The van der Waals surface area contributed by atoms with Gasteiger partial charge in [0.2, 0.25) is 0 Å². The maximum absolute atomic E-state index is 13.1. The van der Waals surface area contributed by atoms with Gasteiger partial charge in [0.05, 0.1) is 26.4 Å². The molecule has 5 atom stereocenters. The van der Waals surface area contributed by atoms with Crippen molar-refractivity contribution in [3.05, 3.63) is 134 Å². The van der Waals surface area contributed by atoms with Gasteiger partial charge in [0.25, 0.3) is 0 Å². The zero-order chi connectivity index (χ0) is 76.0. The van der Waals surface area contributed by atoms with Crippen molar-refractivity contribution < 1.29 is 80.2 Å². The Morgan fingerprint density at radius 1 is 0.279 bits per heavy atom. The number of rotatable bonds is 75. The molecule has 596 valence electrons. The van der Waals surface area contributed by atoms with Gasteiger partial charge in [-0.2, -0.15) is 0 Å². The van der Waals surface area contributed by atoms with Crippen LogP contribution in [0.5, 0.6) is 0 Å². The highest BCUT2D eigenvalue weighted by Crippen LogP contribution is 2.45. The topological polar surface area (TPSA) is 237 Å². The fourth-order valence-electron chi connectivity index (χ4n) is 10.5. The van der Waals surface area contributed by atoms with E-state index in [9.17, 15) is 43.2 Å². The van der Waals surface area contributed by atoms with Crippen molar-refractivity contribution in [1.82, 2.24) is 0 Å². The summed E-state index contributed by atoms with van der Waals surface area (Å²) < 4.78 is 68.6. The lowest BCUT2D eigenvalue weighted by Gasteiger charge is -2.21. The summed E-state index contributed by atoms with van der Waals surface area (Å²) in [6.45, 7) is 4.49. The summed E-state index contributed by atoms with van der Waals surface area (Å²) in [4.78, 5) is 73.1. The van der Waals surface area contributed by atoms with E-state index in [-0.39, 0.29) is 25.7 Å². The average molecular weight is 1500 g/mol. The first-order chi connectivity index (χ1) is 50.7. The van der Waals surface area contributed by atoms with Gasteiger partial charge in [0.15, 0.2) is 12.2 Å². The van der Waals surface area contributed by atoms with Crippen molar-refractivity contribution in [1.29, 1.82) is 0 Å². The lowest BCUT2D eigenvalue weighted by Crippen LogP contribution is -2.30. The molecule has 0 saturated carbocycles. The minimum atomic E-state index is -4.99. The number of carbonyl (C=O) groups is 4. The minimum Gasteiger partial charge on any atom is -0.462 e. The average Bonchev–Trinajstić information content (AvgIpc) is 0.918. The second-order valence-corrected chi connectivity index (χ2v) is 29.5. The predicted molar refractivity (Wildman–Crippen MR) is 427 cm³/mol. The van der Waals surface area contributed by atoms with E-state index in [1.165, 1.54) is 38.5 Å². The van der Waals surface area contributed by atoms with Gasteiger partial charge in [-0.15, -0.1) is 0 Å². The van der Waals surface area contributed by atoms with E-state index in [2.05, 4.69) is 161 Å². The zero-order valence-electron chi connectivity index (χ0n) is 65.2. The summed E-state index contributed by atoms with van der Waals surface area (Å²) in [5, 5.41) is 10.6. The number of esters is 4. The molecule has 104 heavy (non-hydrogen) atoms. The second kappa shape index (κ2) is 76.4. The van der Waals surface area contributed by atoms with Crippen molar-refractivity contribution in [3.63, 3.8) is 0 Å². The monoisotopic (exact) mass is 1500 g/mol. The van der Waals surface area contributed by atoms with Crippen LogP contribution in [0.4, 0.5) is 0 Å². The number of phosphoric ester groups is 2. The van der Waals surface area contributed by atoms with E-state index in [0.29, 0.717) is 25.7 Å². The van der Waals surface area contributed by atoms with Crippen molar-refractivity contribution in [3.8, 4) is 0 Å². The van der Waals surface area contributed by atoms with Crippen LogP contribution in [0.3, 0.4) is 0 Å². The molecule has 0 bridgehead atoms. The number of carbonyl (C=O) groups excluding carboxylic acids is 4. The Hall–Kier alpha value is -4.80. The molecule has 0 aliphatic heterocycles. The highest BCUT2D eigenvalue weighted by Gasteiger charge is 2.30. The van der Waals surface area contributed by atoms with Gasteiger partial charge in [0, 0.05) is 25.7 Å². The number of hydrogen-bond acceptors (Lipinski definition) is 15. The van der Waals surface area contributed by atoms with E-state index in [1.807, 2.05) is 0 Å². The molecule has 0 aromatic rings. The number of unbranched alkanes of at least 4 members (excludes halogenated alkanes) is 27. The smallest absolute Gasteiger partial charge is 0.462 e. The molecule has 0 radical (unpaired) electrons. The minimum absolute atomic E-state index is 0.0685. The van der Waals surface area contributed by atoms with Crippen LogP contribution >= 0.6 is 15.6 Å². The molecule has 0 aliphatic rings. The first-order valence-corrected chi connectivity index (χ1v) is 43.4. The third kappa shape index (κ3) is 75.4. The van der Waals surface area contributed by atoms with Crippen molar-refractivity contribution >= 4 is 39.5 Å². The molecule has 0 spiro atoms. The van der Waals surface area contributed by atoms with Crippen molar-refractivity contribution in [2.24, 2.45) is 0 Å². The molecule has 0 rings (SSSR count). The standard InChI is InChI=1S/C85H144O17P2/c1-5-9-13-17-21-25-29-33-37-38-39-40-44-46-50-54-58-62-66-70-83(88)96-76-81(102-85(90)72-68-64-60-56-52-48-43-36-32-28-24-20-16-12-8-4)78-100-104(93,94)98-74-79(86)73-97-103(91,92)99-77-80(101-84(89)71-67-63-59-55-51-47-42-35-31-27-23-19-15-11-7-3)75-95-82(87)69-65-61-57-53-49-45-41-34-30-26-22-18-14-10-6-2/h9-11,13-15,21-23,25-27,33-37,39-43,79-81,86H,5-8,12,16-20,24,28-32,38,44-78H2,1-4H3,(H,91,92)(H,93,94)/b13-9-,14-10-,15-11-,25-21-,26-22-,27-23-,37-33-,40-39-,41-34-,42-35-,43-36-. The normalized spacial score (nSPS) is 14.6. The summed E-state index contributed by atoms with van der Waals surface area (Å²) in [6, 6.07) is 0. The van der Waals surface area contributed by atoms with Crippen molar-refractivity contribution in [2.75, 3.05) is 39.6 Å². The third-order valence-electron chi connectivity index (χ3n) is 16.6. The van der Waals surface area contributed by atoms with Crippen LogP contribution in [0, 0.1) is 0 Å². The van der Waals surface area contributed by atoms with E-state index >= 15 is 0 Å². The fraction of sp³-hybridized carbons (Fsp3) is 0.694. The third-order valence-corrected chi connectivity index (χ3v) is 18.5. The zero-order valence-corrected chi connectivity index (χ0v) is 66.9. The number of aliphatic hydroxyl groups is 1. The SMILES string of the molecule is CC/C=C\C/C=C\C/C=C\C/C=C\CCCCCCCCC(=O)OCC(COP(=O)(O)OCC(O)COP(=O)(O)OCC(COC(=O)CCCCCCC/C=C\C/C=C\C/C=C\CC)OC(=O)CCCCCCC/C=C\C/C=C\C/C=C\CC)OC(=O)CCCCCCC/C=C\CCCCCCCC. The van der Waals surface area contributed by atoms with E-state index in [4.69, 9.17) is 37.0 Å². The van der Waals surface area contributed by atoms with Gasteiger partial charge in [-0.05, 0) is 154 Å². The molecule has 0 amide bonds.